The lowest BCUT2D eigenvalue weighted by molar-refractivity contribution is -0.116. The first-order chi connectivity index (χ1) is 9.06. The van der Waals surface area contributed by atoms with E-state index in [0.29, 0.717) is 10.7 Å². The molecule has 0 aliphatic carbocycles. The molecule has 0 fully saturated rings. The van der Waals surface area contributed by atoms with Crippen LogP contribution in [0.5, 0.6) is 0 Å². The first-order valence-electron chi connectivity index (χ1n) is 5.74. The molecule has 6 heteroatoms. The van der Waals surface area contributed by atoms with Crippen molar-refractivity contribution in [2.45, 2.75) is 13.5 Å². The number of aromatic nitrogens is 2. The van der Waals surface area contributed by atoms with Crippen molar-refractivity contribution in [1.82, 2.24) is 9.55 Å². The molecule has 0 atom stereocenters. The summed E-state index contributed by atoms with van der Waals surface area (Å²) < 4.78 is 1.77. The van der Waals surface area contributed by atoms with E-state index in [-0.39, 0.29) is 12.5 Å². The van der Waals surface area contributed by atoms with Crippen LogP contribution in [-0.4, -0.2) is 20.4 Å². The molecule has 0 bridgehead atoms. The zero-order chi connectivity index (χ0) is 13.8. The topological polar surface area (TPSA) is 72.9 Å². The van der Waals surface area contributed by atoms with Gasteiger partial charge < -0.3 is 15.6 Å². The number of nitrogens with one attached hydrogen (secondary N) is 1. The Kier molecular flexibility index (Phi) is 3.91. The van der Waals surface area contributed by atoms with Gasteiger partial charge in [0.2, 0.25) is 5.91 Å². The summed E-state index contributed by atoms with van der Waals surface area (Å²) in [5.74, 6) is 0.674. The first-order valence-corrected chi connectivity index (χ1v) is 6.14. The third-order valence-corrected chi connectivity index (χ3v) is 2.90. The molecule has 0 aliphatic rings. The lowest BCUT2D eigenvalue weighted by atomic mass is 10.2. The van der Waals surface area contributed by atoms with Crippen molar-refractivity contribution < 1.29 is 4.79 Å². The summed E-state index contributed by atoms with van der Waals surface area (Å²) in [6.07, 6.45) is 3.43. The van der Waals surface area contributed by atoms with Crippen molar-refractivity contribution in [1.29, 1.82) is 0 Å². The zero-order valence-electron chi connectivity index (χ0n) is 10.5. The second kappa shape index (κ2) is 5.62. The molecule has 0 saturated carbocycles. The van der Waals surface area contributed by atoms with Gasteiger partial charge in [-0.2, -0.15) is 0 Å². The van der Waals surface area contributed by atoms with Gasteiger partial charge in [-0.1, -0.05) is 24.4 Å². The molecule has 3 N–H and O–H groups in total. The van der Waals surface area contributed by atoms with E-state index in [0.717, 1.165) is 11.4 Å². The molecular formula is C13H14N4OS. The Morgan fingerprint density at radius 3 is 2.95 bits per heavy atom. The highest BCUT2D eigenvalue weighted by atomic mass is 32.1. The Bertz CT molecular complexity index is 621. The number of aryl methyl sites for hydroxylation is 1. The van der Waals surface area contributed by atoms with E-state index in [9.17, 15) is 4.79 Å². The Hall–Kier alpha value is -2.21. The molecule has 0 aliphatic heterocycles. The normalized spacial score (nSPS) is 10.2. The van der Waals surface area contributed by atoms with Crippen molar-refractivity contribution in [2.75, 3.05) is 5.32 Å². The maximum atomic E-state index is 11.9. The average Bonchev–Trinajstić information content (AvgIpc) is 2.75. The van der Waals surface area contributed by atoms with Crippen LogP contribution >= 0.6 is 12.2 Å². The molecule has 1 aromatic heterocycles. The second-order valence-electron chi connectivity index (χ2n) is 4.10. The average molecular weight is 274 g/mol. The number of rotatable bonds is 4. The van der Waals surface area contributed by atoms with Gasteiger partial charge in [0.15, 0.2) is 0 Å². The molecule has 98 valence electrons. The van der Waals surface area contributed by atoms with Crippen molar-refractivity contribution in [2.24, 2.45) is 5.73 Å². The quantitative estimate of drug-likeness (QED) is 0.828. The Labute approximate surface area is 116 Å². The number of anilines is 1. The summed E-state index contributed by atoms with van der Waals surface area (Å²) in [6.45, 7) is 2.07. The molecule has 0 radical (unpaired) electrons. The summed E-state index contributed by atoms with van der Waals surface area (Å²) in [5, 5.41) is 2.80. The summed E-state index contributed by atoms with van der Waals surface area (Å²) in [7, 11) is 0. The third kappa shape index (κ3) is 3.38. The number of amides is 1. The number of hydrogen-bond acceptors (Lipinski definition) is 3. The maximum Gasteiger partial charge on any atom is 0.244 e. The van der Waals surface area contributed by atoms with E-state index in [2.05, 4.69) is 10.3 Å². The molecule has 0 unspecified atom stereocenters. The van der Waals surface area contributed by atoms with Crippen LogP contribution < -0.4 is 11.1 Å². The molecule has 2 rings (SSSR count). The molecule has 19 heavy (non-hydrogen) atoms. The highest BCUT2D eigenvalue weighted by Crippen LogP contribution is 2.10. The molecule has 1 amide bonds. The highest BCUT2D eigenvalue weighted by molar-refractivity contribution is 7.80. The van der Waals surface area contributed by atoms with Gasteiger partial charge >= 0.3 is 0 Å². The second-order valence-corrected chi connectivity index (χ2v) is 4.54. The van der Waals surface area contributed by atoms with Gasteiger partial charge in [0.05, 0.1) is 0 Å². The van der Waals surface area contributed by atoms with Crippen LogP contribution in [0, 0.1) is 6.92 Å². The Morgan fingerprint density at radius 1 is 1.53 bits per heavy atom. The molecule has 1 heterocycles. The van der Waals surface area contributed by atoms with E-state index in [1.165, 1.54) is 0 Å². The Morgan fingerprint density at radius 2 is 2.32 bits per heavy atom. The SMILES string of the molecule is Cc1nccn1CC(=O)Nc1cccc(C(N)=S)c1. The van der Waals surface area contributed by atoms with Crippen LogP contribution in [-0.2, 0) is 11.3 Å². The molecule has 1 aromatic carbocycles. The van der Waals surface area contributed by atoms with Crippen LogP contribution in [0.4, 0.5) is 5.69 Å². The third-order valence-electron chi connectivity index (χ3n) is 2.67. The van der Waals surface area contributed by atoms with Gasteiger partial charge in [-0.3, -0.25) is 4.79 Å². The van der Waals surface area contributed by atoms with Gasteiger partial charge in [-0.25, -0.2) is 4.98 Å². The minimum atomic E-state index is -0.124. The lowest BCUT2D eigenvalue weighted by Crippen LogP contribution is -2.19. The van der Waals surface area contributed by atoms with Crippen LogP contribution in [0.1, 0.15) is 11.4 Å². The van der Waals surface area contributed by atoms with Crippen LogP contribution in [0.3, 0.4) is 0 Å². The van der Waals surface area contributed by atoms with Crippen LogP contribution in [0.25, 0.3) is 0 Å². The van der Waals surface area contributed by atoms with Crippen molar-refractivity contribution in [3.05, 3.63) is 48.0 Å². The maximum absolute atomic E-state index is 11.9. The minimum absolute atomic E-state index is 0.124. The number of hydrogen-bond donors (Lipinski definition) is 2. The van der Waals surface area contributed by atoms with E-state index in [1.807, 2.05) is 6.92 Å². The number of thiocarbonyl (C=S) groups is 1. The van der Waals surface area contributed by atoms with Gasteiger partial charge in [-0.05, 0) is 19.1 Å². The zero-order valence-corrected chi connectivity index (χ0v) is 11.3. The van der Waals surface area contributed by atoms with Gasteiger partial charge in [0.1, 0.15) is 17.4 Å². The van der Waals surface area contributed by atoms with E-state index < -0.39 is 0 Å². The van der Waals surface area contributed by atoms with Crippen LogP contribution in [0.2, 0.25) is 0 Å². The van der Waals surface area contributed by atoms with Gasteiger partial charge in [0, 0.05) is 23.6 Å². The van der Waals surface area contributed by atoms with Crippen molar-refractivity contribution in [3.8, 4) is 0 Å². The monoisotopic (exact) mass is 274 g/mol. The van der Waals surface area contributed by atoms with Crippen molar-refractivity contribution >= 4 is 28.8 Å². The molecule has 5 nitrogen and oxygen atoms in total. The molecule has 0 spiro atoms. The number of carbonyl (C=O) groups is 1. The summed E-state index contributed by atoms with van der Waals surface area (Å²) in [6, 6.07) is 7.14. The minimum Gasteiger partial charge on any atom is -0.389 e. The van der Waals surface area contributed by atoms with Gasteiger partial charge in [0.25, 0.3) is 0 Å². The number of imidazole rings is 1. The van der Waals surface area contributed by atoms with Gasteiger partial charge in [-0.15, -0.1) is 0 Å². The highest BCUT2D eigenvalue weighted by Gasteiger charge is 2.06. The number of nitrogens with zero attached hydrogens (tertiary/aromatic N) is 2. The van der Waals surface area contributed by atoms with E-state index >= 15 is 0 Å². The standard InChI is InChI=1S/C13H14N4OS/c1-9-15-5-6-17(9)8-12(18)16-11-4-2-3-10(7-11)13(14)19/h2-7H,8H2,1H3,(H2,14,19)(H,16,18). The summed E-state index contributed by atoms with van der Waals surface area (Å²) >= 11 is 4.90. The number of carbonyl (C=O) groups excluding carboxylic acids is 1. The summed E-state index contributed by atoms with van der Waals surface area (Å²) in [5.41, 5.74) is 6.95. The Balaban J connectivity index is 2.05. The van der Waals surface area contributed by atoms with E-state index in [4.69, 9.17) is 18.0 Å². The molecular weight excluding hydrogens is 260 g/mol. The predicted molar refractivity (Wildman–Crippen MR) is 77.9 cm³/mol. The molecule has 0 saturated heterocycles. The fourth-order valence-electron chi connectivity index (χ4n) is 1.68. The smallest absolute Gasteiger partial charge is 0.244 e. The largest absolute Gasteiger partial charge is 0.389 e. The molecule has 2 aromatic rings. The first kappa shape index (κ1) is 13.2. The number of benzene rings is 1. The fourth-order valence-corrected chi connectivity index (χ4v) is 1.80. The van der Waals surface area contributed by atoms with Crippen LogP contribution in [0.15, 0.2) is 36.7 Å². The van der Waals surface area contributed by atoms with Crippen molar-refractivity contribution in [3.63, 3.8) is 0 Å². The summed E-state index contributed by atoms with van der Waals surface area (Å²) in [4.78, 5) is 16.3. The van der Waals surface area contributed by atoms with E-state index in [1.54, 1.807) is 41.2 Å². The predicted octanol–water partition coefficient (Wildman–Crippen LogP) is 1.46. The lowest BCUT2D eigenvalue weighted by Gasteiger charge is -2.08. The number of nitrogens with two attached hydrogens (primary N) is 1. The fraction of sp³-hybridized carbons (Fsp3) is 0.154.